The Kier molecular flexibility index (Phi) is 4.59. The maximum Gasteiger partial charge on any atom is 0.336 e. The molecule has 1 aromatic carbocycles. The Bertz CT molecular complexity index is 653. The number of nitriles is 1. The topological polar surface area (TPSA) is 125 Å². The minimum absolute atomic E-state index is 0.111. The summed E-state index contributed by atoms with van der Waals surface area (Å²) in [5.74, 6) is -3.62. The summed E-state index contributed by atoms with van der Waals surface area (Å²) < 4.78 is 4.37. The van der Waals surface area contributed by atoms with Crippen molar-refractivity contribution in [1.29, 1.82) is 5.26 Å². The summed E-state index contributed by atoms with van der Waals surface area (Å²) >= 11 is 0. The highest BCUT2D eigenvalue weighted by Crippen LogP contribution is 2.19. The van der Waals surface area contributed by atoms with Crippen LogP contribution in [0.2, 0.25) is 0 Å². The molecule has 0 unspecified atom stereocenters. The van der Waals surface area contributed by atoms with Gasteiger partial charge in [0.05, 0.1) is 23.8 Å². The van der Waals surface area contributed by atoms with Gasteiger partial charge in [-0.2, -0.15) is 5.26 Å². The lowest BCUT2D eigenvalue weighted by molar-refractivity contribution is -0.134. The Labute approximate surface area is 113 Å². The molecule has 2 N–H and O–H groups in total. The fourth-order valence-corrected chi connectivity index (χ4v) is 1.43. The Morgan fingerprint density at radius 2 is 1.80 bits per heavy atom. The molecule has 20 heavy (non-hydrogen) atoms. The molecule has 0 atom stereocenters. The standard InChI is InChI=1S/C13H9NO6/c1-20-11(15)5-8(6-14)7-2-3-9(12(16)17)10(4-7)13(18)19/h2-5H,1H3,(H,16,17)(H,18,19). The van der Waals surface area contributed by atoms with E-state index in [1.54, 1.807) is 6.07 Å². The second-order valence-electron chi connectivity index (χ2n) is 3.56. The zero-order chi connectivity index (χ0) is 15.3. The van der Waals surface area contributed by atoms with E-state index in [1.165, 1.54) is 6.07 Å². The number of hydrogen-bond acceptors (Lipinski definition) is 5. The van der Waals surface area contributed by atoms with E-state index in [1.807, 2.05) is 0 Å². The first kappa shape index (κ1) is 14.9. The van der Waals surface area contributed by atoms with Crippen LogP contribution in [0.3, 0.4) is 0 Å². The van der Waals surface area contributed by atoms with Gasteiger partial charge in [-0.05, 0) is 17.7 Å². The molecule has 0 saturated carbocycles. The van der Waals surface area contributed by atoms with Gasteiger partial charge in [0.25, 0.3) is 0 Å². The molecule has 0 aliphatic heterocycles. The number of benzene rings is 1. The molecule has 7 heteroatoms. The van der Waals surface area contributed by atoms with Crippen LogP contribution in [0.4, 0.5) is 0 Å². The fraction of sp³-hybridized carbons (Fsp3) is 0.0769. The number of esters is 1. The SMILES string of the molecule is COC(=O)C=C(C#N)c1ccc(C(=O)O)c(C(=O)O)c1. The molecule has 102 valence electrons. The van der Waals surface area contributed by atoms with Crippen molar-refractivity contribution in [2.45, 2.75) is 0 Å². The average molecular weight is 275 g/mol. The highest BCUT2D eigenvalue weighted by atomic mass is 16.5. The molecule has 0 radical (unpaired) electrons. The third-order valence-electron chi connectivity index (χ3n) is 2.38. The first-order chi connectivity index (χ1) is 9.40. The fourth-order valence-electron chi connectivity index (χ4n) is 1.43. The summed E-state index contributed by atoms with van der Waals surface area (Å²) in [5.41, 5.74) is -0.894. The molecule has 0 amide bonds. The van der Waals surface area contributed by atoms with Gasteiger partial charge in [-0.1, -0.05) is 6.07 Å². The van der Waals surface area contributed by atoms with Crippen molar-refractivity contribution >= 4 is 23.5 Å². The van der Waals surface area contributed by atoms with Crippen molar-refractivity contribution in [2.75, 3.05) is 7.11 Å². The van der Waals surface area contributed by atoms with Crippen LogP contribution in [0.1, 0.15) is 26.3 Å². The Morgan fingerprint density at radius 1 is 1.20 bits per heavy atom. The summed E-state index contributed by atoms with van der Waals surface area (Å²) in [5, 5.41) is 26.8. The van der Waals surface area contributed by atoms with Crippen molar-refractivity contribution < 1.29 is 29.3 Å². The van der Waals surface area contributed by atoms with Crippen LogP contribution >= 0.6 is 0 Å². The van der Waals surface area contributed by atoms with Gasteiger partial charge in [0.2, 0.25) is 0 Å². The van der Waals surface area contributed by atoms with Gasteiger partial charge < -0.3 is 14.9 Å². The third-order valence-corrected chi connectivity index (χ3v) is 2.38. The summed E-state index contributed by atoms with van der Waals surface area (Å²) in [4.78, 5) is 33.0. The lowest BCUT2D eigenvalue weighted by atomic mass is 9.99. The molecule has 1 aromatic rings. The number of methoxy groups -OCH3 is 1. The van der Waals surface area contributed by atoms with Gasteiger partial charge in [0.15, 0.2) is 0 Å². The third kappa shape index (κ3) is 3.20. The number of carbonyl (C=O) groups is 3. The zero-order valence-corrected chi connectivity index (χ0v) is 10.3. The van der Waals surface area contributed by atoms with Crippen molar-refractivity contribution in [1.82, 2.24) is 0 Å². The largest absolute Gasteiger partial charge is 0.478 e. The Balaban J connectivity index is 3.41. The molecule has 1 rings (SSSR count). The molecule has 7 nitrogen and oxygen atoms in total. The van der Waals surface area contributed by atoms with Gasteiger partial charge in [-0.15, -0.1) is 0 Å². The highest BCUT2D eigenvalue weighted by molar-refractivity contribution is 6.03. The number of aromatic carboxylic acids is 2. The predicted molar refractivity (Wildman–Crippen MR) is 66.0 cm³/mol. The smallest absolute Gasteiger partial charge is 0.336 e. The second kappa shape index (κ2) is 6.15. The van der Waals surface area contributed by atoms with E-state index < -0.39 is 29.0 Å². The van der Waals surface area contributed by atoms with Crippen LogP contribution in [0, 0.1) is 11.3 Å². The first-order valence-electron chi connectivity index (χ1n) is 5.21. The molecule has 0 aliphatic rings. The number of carboxylic acids is 2. The van der Waals surface area contributed by atoms with E-state index in [9.17, 15) is 14.4 Å². The molecule has 0 aliphatic carbocycles. The maximum atomic E-state index is 11.1. The molecular weight excluding hydrogens is 266 g/mol. The quantitative estimate of drug-likeness (QED) is 0.479. The molecular formula is C13H9NO6. The predicted octanol–water partition coefficient (Wildman–Crippen LogP) is 1.16. The number of carboxylic acid groups (broad SMARTS) is 2. The lowest BCUT2D eigenvalue weighted by Gasteiger charge is -2.05. The molecule has 0 aromatic heterocycles. The first-order valence-corrected chi connectivity index (χ1v) is 5.21. The van der Waals surface area contributed by atoms with Crippen LogP contribution in [0.25, 0.3) is 5.57 Å². The molecule has 0 spiro atoms. The molecule has 0 heterocycles. The van der Waals surface area contributed by atoms with Crippen LogP contribution in [-0.2, 0) is 9.53 Å². The average Bonchev–Trinajstić information content (AvgIpc) is 2.43. The van der Waals surface area contributed by atoms with E-state index in [2.05, 4.69) is 4.74 Å². The van der Waals surface area contributed by atoms with E-state index in [0.29, 0.717) is 0 Å². The molecule has 0 bridgehead atoms. The van der Waals surface area contributed by atoms with Crippen molar-refractivity contribution in [3.63, 3.8) is 0 Å². The summed E-state index contributed by atoms with van der Waals surface area (Å²) in [6, 6.07) is 5.04. The van der Waals surface area contributed by atoms with Crippen LogP contribution < -0.4 is 0 Å². The monoisotopic (exact) mass is 275 g/mol. The van der Waals surface area contributed by atoms with E-state index in [0.717, 1.165) is 25.3 Å². The van der Waals surface area contributed by atoms with Crippen molar-refractivity contribution in [3.05, 3.63) is 41.0 Å². The molecule has 0 saturated heterocycles. The minimum Gasteiger partial charge on any atom is -0.478 e. The summed E-state index contributed by atoms with van der Waals surface area (Å²) in [6.45, 7) is 0. The number of ether oxygens (including phenoxy) is 1. The van der Waals surface area contributed by atoms with Gasteiger partial charge in [0, 0.05) is 6.08 Å². The normalized spacial score (nSPS) is 10.5. The number of carbonyl (C=O) groups excluding carboxylic acids is 1. The van der Waals surface area contributed by atoms with Crippen molar-refractivity contribution in [2.24, 2.45) is 0 Å². The van der Waals surface area contributed by atoms with E-state index in [4.69, 9.17) is 15.5 Å². The number of hydrogen-bond donors (Lipinski definition) is 2. The Hall–Kier alpha value is -3.14. The molecule has 0 fully saturated rings. The maximum absolute atomic E-state index is 11.1. The van der Waals surface area contributed by atoms with Gasteiger partial charge in [-0.3, -0.25) is 0 Å². The number of rotatable bonds is 4. The summed E-state index contributed by atoms with van der Waals surface area (Å²) in [7, 11) is 1.13. The highest BCUT2D eigenvalue weighted by Gasteiger charge is 2.17. The van der Waals surface area contributed by atoms with Gasteiger partial charge >= 0.3 is 17.9 Å². The Morgan fingerprint density at radius 3 is 2.25 bits per heavy atom. The minimum atomic E-state index is -1.44. The second-order valence-corrected chi connectivity index (χ2v) is 3.56. The lowest BCUT2D eigenvalue weighted by Crippen LogP contribution is -2.08. The summed E-state index contributed by atoms with van der Waals surface area (Å²) in [6.07, 6.45) is 0.890. The van der Waals surface area contributed by atoms with E-state index in [-0.39, 0.29) is 11.1 Å². The van der Waals surface area contributed by atoms with Crippen molar-refractivity contribution in [3.8, 4) is 6.07 Å². The number of nitrogens with zero attached hydrogens (tertiary/aromatic N) is 1. The van der Waals surface area contributed by atoms with Crippen LogP contribution in [0.15, 0.2) is 24.3 Å². The van der Waals surface area contributed by atoms with Crippen LogP contribution in [-0.4, -0.2) is 35.2 Å². The number of allylic oxidation sites excluding steroid dienone is 1. The van der Waals surface area contributed by atoms with Crippen LogP contribution in [0.5, 0.6) is 0 Å². The van der Waals surface area contributed by atoms with E-state index >= 15 is 0 Å². The van der Waals surface area contributed by atoms with Gasteiger partial charge in [-0.25, -0.2) is 14.4 Å². The van der Waals surface area contributed by atoms with Gasteiger partial charge in [0.1, 0.15) is 6.07 Å². The zero-order valence-electron chi connectivity index (χ0n) is 10.3.